The number of unbranched alkanes of at least 4 members (excludes halogenated alkanes) is 2. The molecule has 1 aliphatic carbocycles. The van der Waals surface area contributed by atoms with Gasteiger partial charge in [-0.15, -0.1) is 0 Å². The highest BCUT2D eigenvalue weighted by Crippen LogP contribution is 2.32. The van der Waals surface area contributed by atoms with E-state index >= 15 is 0 Å². The van der Waals surface area contributed by atoms with E-state index in [0.29, 0.717) is 12.1 Å². The van der Waals surface area contributed by atoms with Crippen molar-refractivity contribution in [2.75, 3.05) is 13.1 Å². The van der Waals surface area contributed by atoms with Crippen molar-refractivity contribution in [3.8, 4) is 0 Å². The van der Waals surface area contributed by atoms with Gasteiger partial charge in [-0.1, -0.05) is 39.5 Å². The molecule has 1 atom stereocenters. The van der Waals surface area contributed by atoms with Gasteiger partial charge in [-0.3, -0.25) is 4.90 Å². The van der Waals surface area contributed by atoms with Crippen LogP contribution in [-0.4, -0.2) is 30.1 Å². The quantitative estimate of drug-likeness (QED) is 0.673. The molecule has 0 bridgehead atoms. The van der Waals surface area contributed by atoms with Crippen molar-refractivity contribution in [1.29, 1.82) is 0 Å². The van der Waals surface area contributed by atoms with Gasteiger partial charge >= 0.3 is 0 Å². The van der Waals surface area contributed by atoms with Gasteiger partial charge in [0, 0.05) is 18.6 Å². The molecule has 19 heavy (non-hydrogen) atoms. The maximum absolute atomic E-state index is 6.14. The van der Waals surface area contributed by atoms with Crippen LogP contribution in [0.2, 0.25) is 0 Å². The van der Waals surface area contributed by atoms with Crippen molar-refractivity contribution in [3.05, 3.63) is 0 Å². The van der Waals surface area contributed by atoms with Crippen LogP contribution in [0.25, 0.3) is 0 Å². The van der Waals surface area contributed by atoms with Crippen LogP contribution >= 0.6 is 0 Å². The maximum Gasteiger partial charge on any atom is 0.0249 e. The van der Waals surface area contributed by atoms with E-state index in [1.807, 2.05) is 0 Å². The molecule has 0 radical (unpaired) electrons. The Morgan fingerprint density at radius 2 is 1.74 bits per heavy atom. The molecule has 0 aliphatic heterocycles. The third kappa shape index (κ3) is 5.43. The fraction of sp³-hybridized carbons (Fsp3) is 1.00. The molecule has 1 fully saturated rings. The fourth-order valence-corrected chi connectivity index (χ4v) is 3.62. The highest BCUT2D eigenvalue weighted by Gasteiger charge is 2.30. The lowest BCUT2D eigenvalue weighted by molar-refractivity contribution is 0.0831. The fourth-order valence-electron chi connectivity index (χ4n) is 3.62. The lowest BCUT2D eigenvalue weighted by atomic mass is 9.78. The minimum absolute atomic E-state index is 0.615. The Morgan fingerprint density at radius 3 is 2.21 bits per heavy atom. The Labute approximate surface area is 121 Å². The van der Waals surface area contributed by atoms with E-state index in [1.165, 1.54) is 51.5 Å². The normalized spacial score (nSPS) is 26.1. The van der Waals surface area contributed by atoms with Gasteiger partial charge in [-0.2, -0.15) is 0 Å². The Kier molecular flexibility index (Phi) is 8.01. The van der Waals surface area contributed by atoms with E-state index < -0.39 is 0 Å². The molecule has 0 spiro atoms. The minimum atomic E-state index is 0.615. The van der Waals surface area contributed by atoms with E-state index in [-0.39, 0.29) is 0 Å². The van der Waals surface area contributed by atoms with Crippen LogP contribution in [0.1, 0.15) is 72.6 Å². The average molecular weight is 268 g/mol. The monoisotopic (exact) mass is 268 g/mol. The highest BCUT2D eigenvalue weighted by molar-refractivity contribution is 4.85. The number of nitrogens with two attached hydrogens (primary N) is 1. The smallest absolute Gasteiger partial charge is 0.0249 e. The van der Waals surface area contributed by atoms with Gasteiger partial charge in [0.25, 0.3) is 0 Å². The predicted molar refractivity (Wildman–Crippen MR) is 85.3 cm³/mol. The summed E-state index contributed by atoms with van der Waals surface area (Å²) in [6, 6.07) is 1.24. The number of hydrogen-bond donors (Lipinski definition) is 1. The van der Waals surface area contributed by atoms with E-state index in [9.17, 15) is 0 Å². The van der Waals surface area contributed by atoms with Gasteiger partial charge in [-0.05, 0) is 51.5 Å². The van der Waals surface area contributed by atoms with Crippen molar-refractivity contribution >= 4 is 0 Å². The second-order valence-corrected chi connectivity index (χ2v) is 6.86. The lowest BCUT2D eigenvalue weighted by Gasteiger charge is -2.41. The molecule has 0 aromatic heterocycles. The molecule has 0 saturated heterocycles. The molecular formula is C17H36N2. The second kappa shape index (κ2) is 8.97. The maximum atomic E-state index is 6.14. The SMILES string of the molecule is CCCCCN(C(C)C)C(CN)C1CCC(C)CC1. The Morgan fingerprint density at radius 1 is 1.11 bits per heavy atom. The zero-order valence-corrected chi connectivity index (χ0v) is 13.7. The molecule has 0 heterocycles. The predicted octanol–water partition coefficient (Wildman–Crippen LogP) is 4.04. The van der Waals surface area contributed by atoms with Crippen molar-refractivity contribution in [1.82, 2.24) is 4.90 Å². The molecular weight excluding hydrogens is 232 g/mol. The number of nitrogens with zero attached hydrogens (tertiary/aromatic N) is 1. The Bertz CT molecular complexity index is 219. The first kappa shape index (κ1) is 17.0. The molecule has 1 unspecified atom stereocenters. The zero-order valence-electron chi connectivity index (χ0n) is 13.7. The standard InChI is InChI=1S/C17H36N2/c1-5-6-7-12-19(14(2)3)17(13-18)16-10-8-15(4)9-11-16/h14-17H,5-13,18H2,1-4H3. The van der Waals surface area contributed by atoms with Gasteiger partial charge in [-0.25, -0.2) is 0 Å². The summed E-state index contributed by atoms with van der Waals surface area (Å²) in [4.78, 5) is 2.69. The van der Waals surface area contributed by atoms with Gasteiger partial charge in [0.05, 0.1) is 0 Å². The summed E-state index contributed by atoms with van der Waals surface area (Å²) in [6.45, 7) is 11.4. The van der Waals surface area contributed by atoms with Crippen LogP contribution in [0.15, 0.2) is 0 Å². The highest BCUT2D eigenvalue weighted by atomic mass is 15.2. The first-order valence-electron chi connectivity index (χ1n) is 8.55. The lowest BCUT2D eigenvalue weighted by Crippen LogP contribution is -2.50. The molecule has 0 amide bonds. The van der Waals surface area contributed by atoms with Crippen molar-refractivity contribution < 1.29 is 0 Å². The summed E-state index contributed by atoms with van der Waals surface area (Å²) in [6.07, 6.45) is 9.57. The molecule has 2 N–H and O–H groups in total. The topological polar surface area (TPSA) is 29.3 Å². The minimum Gasteiger partial charge on any atom is -0.329 e. The zero-order chi connectivity index (χ0) is 14.3. The molecule has 0 aromatic carbocycles. The van der Waals surface area contributed by atoms with Crippen LogP contribution in [-0.2, 0) is 0 Å². The van der Waals surface area contributed by atoms with Crippen LogP contribution < -0.4 is 5.73 Å². The van der Waals surface area contributed by atoms with Crippen LogP contribution in [0.4, 0.5) is 0 Å². The molecule has 114 valence electrons. The van der Waals surface area contributed by atoms with E-state index in [2.05, 4.69) is 32.6 Å². The summed E-state index contributed by atoms with van der Waals surface area (Å²) in [7, 11) is 0. The Hall–Kier alpha value is -0.0800. The van der Waals surface area contributed by atoms with Gasteiger partial charge in [0.1, 0.15) is 0 Å². The molecule has 0 aromatic rings. The summed E-state index contributed by atoms with van der Waals surface area (Å²) in [5.41, 5.74) is 6.14. The first-order valence-corrected chi connectivity index (χ1v) is 8.55. The van der Waals surface area contributed by atoms with Crippen molar-refractivity contribution in [3.63, 3.8) is 0 Å². The first-order chi connectivity index (χ1) is 9.10. The summed E-state index contributed by atoms with van der Waals surface area (Å²) >= 11 is 0. The van der Waals surface area contributed by atoms with Gasteiger partial charge in [0.15, 0.2) is 0 Å². The van der Waals surface area contributed by atoms with Crippen LogP contribution in [0.5, 0.6) is 0 Å². The Balaban J connectivity index is 2.56. The summed E-state index contributed by atoms with van der Waals surface area (Å²) in [5.74, 6) is 1.77. The molecule has 1 saturated carbocycles. The van der Waals surface area contributed by atoms with Gasteiger partial charge in [0.2, 0.25) is 0 Å². The molecule has 2 heteroatoms. The third-order valence-electron chi connectivity index (χ3n) is 4.96. The van der Waals surface area contributed by atoms with Crippen molar-refractivity contribution in [2.45, 2.75) is 84.7 Å². The summed E-state index contributed by atoms with van der Waals surface area (Å²) in [5, 5.41) is 0. The number of hydrogen-bond acceptors (Lipinski definition) is 2. The second-order valence-electron chi connectivity index (χ2n) is 6.86. The van der Waals surface area contributed by atoms with E-state index in [4.69, 9.17) is 5.73 Å². The van der Waals surface area contributed by atoms with Crippen molar-refractivity contribution in [2.24, 2.45) is 17.6 Å². The molecule has 1 aliphatic rings. The van der Waals surface area contributed by atoms with Crippen LogP contribution in [0.3, 0.4) is 0 Å². The van der Waals surface area contributed by atoms with E-state index in [1.54, 1.807) is 0 Å². The van der Waals surface area contributed by atoms with Gasteiger partial charge < -0.3 is 5.73 Å². The molecule has 2 nitrogen and oxygen atoms in total. The van der Waals surface area contributed by atoms with E-state index in [0.717, 1.165) is 18.4 Å². The average Bonchev–Trinajstić information content (AvgIpc) is 2.39. The number of rotatable bonds is 8. The molecule has 1 rings (SSSR count). The largest absolute Gasteiger partial charge is 0.329 e. The van der Waals surface area contributed by atoms with Crippen LogP contribution in [0, 0.1) is 11.8 Å². The summed E-state index contributed by atoms with van der Waals surface area (Å²) < 4.78 is 0. The third-order valence-corrected chi connectivity index (χ3v) is 4.96.